The van der Waals surface area contributed by atoms with Gasteiger partial charge in [-0.25, -0.2) is 4.68 Å². The molecule has 7 heteroatoms. The summed E-state index contributed by atoms with van der Waals surface area (Å²) in [5.41, 5.74) is 6.09. The molecule has 2 heterocycles. The number of nitrogen functional groups attached to an aromatic ring is 1. The van der Waals surface area contributed by atoms with Crippen LogP contribution in [-0.4, -0.2) is 20.7 Å². The maximum absolute atomic E-state index is 11.7. The number of carbonyl (C=O) groups is 1. The number of thiophene rings is 1. The Morgan fingerprint density at radius 1 is 1.67 bits per heavy atom. The summed E-state index contributed by atoms with van der Waals surface area (Å²) in [6.07, 6.45) is 1.37. The minimum atomic E-state index is -0.265. The summed E-state index contributed by atoms with van der Waals surface area (Å²) in [7, 11) is 1.69. The van der Waals surface area contributed by atoms with Crippen LogP contribution in [0.3, 0.4) is 0 Å². The lowest BCUT2D eigenvalue weighted by atomic mass is 10.4. The van der Waals surface area contributed by atoms with Crippen LogP contribution in [0.5, 0.6) is 0 Å². The lowest BCUT2D eigenvalue weighted by Crippen LogP contribution is -2.15. The minimum Gasteiger partial charge on any atom is -0.397 e. The quantitative estimate of drug-likeness (QED) is 0.785. The molecule has 15 heavy (non-hydrogen) atoms. The third-order valence-electron chi connectivity index (χ3n) is 1.84. The van der Waals surface area contributed by atoms with Crippen molar-refractivity contribution in [3.63, 3.8) is 0 Å². The van der Waals surface area contributed by atoms with Gasteiger partial charge in [-0.05, 0) is 11.4 Å². The molecule has 3 N–H and O–H groups in total. The van der Waals surface area contributed by atoms with E-state index in [-0.39, 0.29) is 5.91 Å². The molecule has 0 saturated carbocycles. The van der Waals surface area contributed by atoms with Crippen molar-refractivity contribution in [2.75, 3.05) is 11.1 Å². The Balaban J connectivity index is 2.18. The van der Waals surface area contributed by atoms with Crippen LogP contribution < -0.4 is 11.1 Å². The number of aryl methyl sites for hydroxylation is 1. The Morgan fingerprint density at radius 2 is 2.47 bits per heavy atom. The average Bonchev–Trinajstić information content (AvgIpc) is 2.76. The zero-order valence-electron chi connectivity index (χ0n) is 7.97. The van der Waals surface area contributed by atoms with Crippen LogP contribution in [0.1, 0.15) is 9.67 Å². The smallest absolute Gasteiger partial charge is 0.270 e. The first kappa shape index (κ1) is 9.66. The molecule has 1 amide bonds. The number of hydrogen-bond donors (Lipinski definition) is 2. The fraction of sp³-hybridized carbons (Fsp3) is 0.125. The van der Waals surface area contributed by atoms with Gasteiger partial charge >= 0.3 is 0 Å². The van der Waals surface area contributed by atoms with E-state index < -0.39 is 0 Å². The van der Waals surface area contributed by atoms with E-state index in [1.807, 2.05) is 0 Å². The van der Waals surface area contributed by atoms with E-state index in [0.717, 1.165) is 0 Å². The summed E-state index contributed by atoms with van der Waals surface area (Å²) in [5.74, 6) is 0.131. The summed E-state index contributed by atoms with van der Waals surface area (Å²) in [6.45, 7) is 0. The number of nitrogens with zero attached hydrogens (tertiary/aromatic N) is 3. The molecule has 0 bridgehead atoms. The van der Waals surface area contributed by atoms with Crippen molar-refractivity contribution in [2.24, 2.45) is 7.05 Å². The lowest BCUT2D eigenvalue weighted by Gasteiger charge is -2.02. The molecule has 78 valence electrons. The number of aromatic nitrogens is 3. The summed E-state index contributed by atoms with van der Waals surface area (Å²) in [6, 6.07) is 1.69. The Labute approximate surface area is 89.7 Å². The molecule has 0 aliphatic carbocycles. The first-order valence-corrected chi connectivity index (χ1v) is 5.05. The van der Waals surface area contributed by atoms with Crippen LogP contribution in [-0.2, 0) is 7.05 Å². The topological polar surface area (TPSA) is 85.8 Å². The molecule has 0 aromatic carbocycles. The predicted molar refractivity (Wildman–Crippen MR) is 57.7 cm³/mol. The highest BCUT2D eigenvalue weighted by Gasteiger charge is 2.13. The molecule has 2 rings (SSSR count). The van der Waals surface area contributed by atoms with Gasteiger partial charge in [-0.15, -0.1) is 11.3 Å². The highest BCUT2D eigenvalue weighted by molar-refractivity contribution is 7.12. The average molecular weight is 223 g/mol. The predicted octanol–water partition coefficient (Wildman–Crippen LogP) is 0.711. The molecule has 0 unspecified atom stereocenters. The van der Waals surface area contributed by atoms with E-state index in [2.05, 4.69) is 15.4 Å². The summed E-state index contributed by atoms with van der Waals surface area (Å²) < 4.78 is 1.47. The molecule has 0 atom stereocenters. The zero-order valence-corrected chi connectivity index (χ0v) is 8.78. The number of nitrogens with two attached hydrogens (primary N) is 1. The van der Waals surface area contributed by atoms with Crippen LogP contribution in [0.2, 0.25) is 0 Å². The largest absolute Gasteiger partial charge is 0.397 e. The van der Waals surface area contributed by atoms with E-state index >= 15 is 0 Å². The van der Waals surface area contributed by atoms with Gasteiger partial charge < -0.3 is 5.73 Å². The van der Waals surface area contributed by atoms with Crippen molar-refractivity contribution in [3.05, 3.63) is 22.7 Å². The van der Waals surface area contributed by atoms with Gasteiger partial charge in [0.1, 0.15) is 11.2 Å². The van der Waals surface area contributed by atoms with E-state index in [1.54, 1.807) is 18.5 Å². The highest BCUT2D eigenvalue weighted by Crippen LogP contribution is 2.19. The monoisotopic (exact) mass is 223 g/mol. The second-order valence-corrected chi connectivity index (χ2v) is 3.78. The van der Waals surface area contributed by atoms with Gasteiger partial charge in [-0.2, -0.15) is 10.1 Å². The Hall–Kier alpha value is -1.89. The molecular formula is C8H9N5OS. The van der Waals surface area contributed by atoms with Crippen LogP contribution in [0, 0.1) is 0 Å². The van der Waals surface area contributed by atoms with Crippen LogP contribution in [0.25, 0.3) is 0 Å². The molecule has 0 aliphatic rings. The normalized spacial score (nSPS) is 10.2. The van der Waals surface area contributed by atoms with E-state index in [1.165, 1.54) is 22.3 Å². The second-order valence-electron chi connectivity index (χ2n) is 2.87. The molecule has 0 radical (unpaired) electrons. The molecule has 0 saturated heterocycles. The number of nitrogens with one attached hydrogen (secondary N) is 1. The summed E-state index contributed by atoms with van der Waals surface area (Å²) in [4.78, 5) is 16.0. The van der Waals surface area contributed by atoms with Gasteiger partial charge in [0.15, 0.2) is 0 Å². The summed E-state index contributed by atoms with van der Waals surface area (Å²) >= 11 is 1.29. The van der Waals surface area contributed by atoms with Gasteiger partial charge in [0.25, 0.3) is 5.91 Å². The van der Waals surface area contributed by atoms with Gasteiger partial charge in [-0.1, -0.05) is 0 Å². The van der Waals surface area contributed by atoms with Crippen molar-refractivity contribution < 1.29 is 4.79 Å². The fourth-order valence-electron chi connectivity index (χ4n) is 1.07. The van der Waals surface area contributed by atoms with Gasteiger partial charge in [0.05, 0.1) is 5.69 Å². The number of anilines is 2. The SMILES string of the molecule is Cn1ncnc1NC(=O)c1sccc1N. The lowest BCUT2D eigenvalue weighted by molar-refractivity contribution is 0.103. The second kappa shape index (κ2) is 3.70. The third kappa shape index (κ3) is 1.82. The first-order chi connectivity index (χ1) is 7.18. The van der Waals surface area contributed by atoms with Crippen molar-refractivity contribution >= 4 is 28.9 Å². The van der Waals surface area contributed by atoms with Crippen molar-refractivity contribution in [1.29, 1.82) is 0 Å². The number of hydrogen-bond acceptors (Lipinski definition) is 5. The number of amides is 1. The number of carbonyl (C=O) groups excluding carboxylic acids is 1. The van der Waals surface area contributed by atoms with Crippen LogP contribution >= 0.6 is 11.3 Å². The van der Waals surface area contributed by atoms with Crippen molar-refractivity contribution in [3.8, 4) is 0 Å². The Bertz CT molecular complexity index is 489. The molecule has 0 spiro atoms. The zero-order chi connectivity index (χ0) is 10.8. The molecule has 2 aromatic heterocycles. The minimum absolute atomic E-state index is 0.265. The van der Waals surface area contributed by atoms with Crippen LogP contribution in [0.4, 0.5) is 11.6 Å². The van der Waals surface area contributed by atoms with E-state index in [0.29, 0.717) is 16.5 Å². The van der Waals surface area contributed by atoms with Crippen molar-refractivity contribution in [2.45, 2.75) is 0 Å². The molecular weight excluding hydrogens is 214 g/mol. The van der Waals surface area contributed by atoms with E-state index in [9.17, 15) is 4.79 Å². The molecule has 6 nitrogen and oxygen atoms in total. The first-order valence-electron chi connectivity index (χ1n) is 4.17. The van der Waals surface area contributed by atoms with E-state index in [4.69, 9.17) is 5.73 Å². The highest BCUT2D eigenvalue weighted by atomic mass is 32.1. The maximum atomic E-state index is 11.7. The summed E-state index contributed by atoms with van der Waals surface area (Å²) in [5, 5.41) is 8.22. The molecule has 0 aliphatic heterocycles. The van der Waals surface area contributed by atoms with Gasteiger partial charge in [-0.3, -0.25) is 10.1 Å². The van der Waals surface area contributed by atoms with Gasteiger partial charge in [0.2, 0.25) is 5.95 Å². The standard InChI is InChI=1S/C8H9N5OS/c1-13-8(10-4-11-13)12-7(14)6-5(9)2-3-15-6/h2-4H,9H2,1H3,(H,10,11,12,14). The van der Waals surface area contributed by atoms with Crippen LogP contribution in [0.15, 0.2) is 17.8 Å². The Morgan fingerprint density at radius 3 is 3.00 bits per heavy atom. The fourth-order valence-corrected chi connectivity index (χ4v) is 1.78. The maximum Gasteiger partial charge on any atom is 0.270 e. The Kier molecular flexibility index (Phi) is 2.38. The third-order valence-corrected chi connectivity index (χ3v) is 2.77. The number of rotatable bonds is 2. The molecule has 2 aromatic rings. The van der Waals surface area contributed by atoms with Gasteiger partial charge in [0, 0.05) is 7.05 Å². The van der Waals surface area contributed by atoms with Crippen molar-refractivity contribution in [1.82, 2.24) is 14.8 Å². The molecule has 0 fully saturated rings.